The van der Waals surface area contributed by atoms with Crippen LogP contribution in [0.3, 0.4) is 0 Å². The lowest BCUT2D eigenvalue weighted by Crippen LogP contribution is -2.25. The molecule has 1 heterocycles. The molecule has 0 bridgehead atoms. The molecule has 2 N–H and O–H groups in total. The number of anilines is 1. The predicted octanol–water partition coefficient (Wildman–Crippen LogP) is 2.57. The maximum atomic E-state index is 9.77. The van der Waals surface area contributed by atoms with Gasteiger partial charge in [0.2, 0.25) is 0 Å². The van der Waals surface area contributed by atoms with Gasteiger partial charge < -0.3 is 15.2 Å². The molecule has 0 spiro atoms. The van der Waals surface area contributed by atoms with E-state index in [2.05, 4.69) is 17.3 Å². The van der Waals surface area contributed by atoms with E-state index < -0.39 is 6.10 Å². The summed E-state index contributed by atoms with van der Waals surface area (Å²) in [6.07, 6.45) is 8.92. The van der Waals surface area contributed by atoms with E-state index in [1.807, 2.05) is 19.3 Å². The summed E-state index contributed by atoms with van der Waals surface area (Å²) >= 11 is 0. The molecule has 1 unspecified atom stereocenters. The molecule has 0 amide bonds. The Morgan fingerprint density at radius 3 is 2.75 bits per heavy atom. The zero-order valence-corrected chi connectivity index (χ0v) is 12.8. The van der Waals surface area contributed by atoms with Gasteiger partial charge in [0.05, 0.1) is 12.7 Å². The summed E-state index contributed by atoms with van der Waals surface area (Å²) in [7, 11) is 1.87. The summed E-state index contributed by atoms with van der Waals surface area (Å²) in [4.78, 5) is 0. The average molecular weight is 283 g/mol. The van der Waals surface area contributed by atoms with Gasteiger partial charge in [0.1, 0.15) is 5.82 Å². The number of hydrogen-bond acceptors (Lipinski definition) is 4. The number of nitrogens with one attached hydrogen (secondary N) is 1. The van der Waals surface area contributed by atoms with Gasteiger partial charge >= 0.3 is 0 Å². The number of rotatable bonds is 12. The van der Waals surface area contributed by atoms with Crippen molar-refractivity contribution in [1.82, 2.24) is 9.78 Å². The minimum Gasteiger partial charge on any atom is -0.389 e. The molecule has 0 fully saturated rings. The lowest BCUT2D eigenvalue weighted by atomic mass is 10.1. The van der Waals surface area contributed by atoms with Crippen molar-refractivity contribution in [2.45, 2.75) is 51.6 Å². The highest BCUT2D eigenvalue weighted by Crippen LogP contribution is 2.05. The molecule has 5 nitrogen and oxygen atoms in total. The Hall–Kier alpha value is -1.07. The monoisotopic (exact) mass is 283 g/mol. The van der Waals surface area contributed by atoms with Gasteiger partial charge in [-0.05, 0) is 6.42 Å². The van der Waals surface area contributed by atoms with Crippen molar-refractivity contribution in [1.29, 1.82) is 0 Å². The van der Waals surface area contributed by atoms with Gasteiger partial charge in [-0.3, -0.25) is 4.68 Å². The number of aromatic nitrogens is 2. The van der Waals surface area contributed by atoms with Crippen LogP contribution in [0.4, 0.5) is 5.82 Å². The maximum absolute atomic E-state index is 9.77. The zero-order valence-electron chi connectivity index (χ0n) is 12.8. The SMILES string of the molecule is CCCCCCCCOCC(O)CNc1ccn(C)n1. The topological polar surface area (TPSA) is 59.3 Å². The van der Waals surface area contributed by atoms with E-state index in [4.69, 9.17) is 4.74 Å². The minimum absolute atomic E-state index is 0.384. The first-order chi connectivity index (χ1) is 9.72. The van der Waals surface area contributed by atoms with E-state index in [0.29, 0.717) is 13.2 Å². The molecule has 0 aromatic carbocycles. The van der Waals surface area contributed by atoms with Crippen molar-refractivity contribution in [2.75, 3.05) is 25.1 Å². The van der Waals surface area contributed by atoms with Gasteiger partial charge in [0.15, 0.2) is 0 Å². The first kappa shape index (κ1) is 17.0. The van der Waals surface area contributed by atoms with Gasteiger partial charge in [-0.1, -0.05) is 39.0 Å². The van der Waals surface area contributed by atoms with Crippen molar-refractivity contribution in [3.8, 4) is 0 Å². The number of nitrogens with zero attached hydrogens (tertiary/aromatic N) is 2. The standard InChI is InChI=1S/C15H29N3O2/c1-3-4-5-6-7-8-11-20-13-14(19)12-16-15-9-10-18(2)17-15/h9-10,14,19H,3-8,11-13H2,1-2H3,(H,16,17). The van der Waals surface area contributed by atoms with Crippen LogP contribution in [0.2, 0.25) is 0 Å². The van der Waals surface area contributed by atoms with Crippen LogP contribution >= 0.6 is 0 Å². The molecule has 1 rings (SSSR count). The molecule has 0 aliphatic carbocycles. The highest BCUT2D eigenvalue weighted by atomic mass is 16.5. The molecule has 0 aliphatic heterocycles. The Morgan fingerprint density at radius 1 is 1.30 bits per heavy atom. The highest BCUT2D eigenvalue weighted by Gasteiger charge is 2.05. The second-order valence-corrected chi connectivity index (χ2v) is 5.25. The van der Waals surface area contributed by atoms with Crippen LogP contribution in [0.5, 0.6) is 0 Å². The van der Waals surface area contributed by atoms with Crippen molar-refractivity contribution in [2.24, 2.45) is 7.05 Å². The number of hydrogen-bond donors (Lipinski definition) is 2. The first-order valence-electron chi connectivity index (χ1n) is 7.71. The zero-order chi connectivity index (χ0) is 14.6. The van der Waals surface area contributed by atoms with Crippen LogP contribution in [0.25, 0.3) is 0 Å². The number of aliphatic hydroxyl groups excluding tert-OH is 1. The van der Waals surface area contributed by atoms with E-state index in [1.165, 1.54) is 32.1 Å². The fraction of sp³-hybridized carbons (Fsp3) is 0.800. The Labute approximate surface area is 122 Å². The van der Waals surface area contributed by atoms with Crippen LogP contribution in [0.15, 0.2) is 12.3 Å². The molecular formula is C15H29N3O2. The van der Waals surface area contributed by atoms with Crippen LogP contribution in [0, 0.1) is 0 Å². The van der Waals surface area contributed by atoms with Crippen molar-refractivity contribution in [3.05, 3.63) is 12.3 Å². The van der Waals surface area contributed by atoms with E-state index in [0.717, 1.165) is 18.8 Å². The van der Waals surface area contributed by atoms with Crippen molar-refractivity contribution >= 4 is 5.82 Å². The van der Waals surface area contributed by atoms with Crippen LogP contribution in [0.1, 0.15) is 45.4 Å². The Kier molecular flexibility index (Phi) is 9.07. The lowest BCUT2D eigenvalue weighted by molar-refractivity contribution is 0.0416. The average Bonchev–Trinajstić information content (AvgIpc) is 2.85. The van der Waals surface area contributed by atoms with Crippen LogP contribution in [-0.2, 0) is 11.8 Å². The van der Waals surface area contributed by atoms with Crippen LogP contribution in [-0.4, -0.2) is 40.7 Å². The summed E-state index contributed by atoms with van der Waals surface area (Å²) in [6, 6.07) is 1.88. The van der Waals surface area contributed by atoms with Gasteiger partial charge in [-0.15, -0.1) is 0 Å². The predicted molar refractivity (Wildman–Crippen MR) is 81.9 cm³/mol. The van der Waals surface area contributed by atoms with Gasteiger partial charge in [0, 0.05) is 32.5 Å². The van der Waals surface area contributed by atoms with Crippen molar-refractivity contribution < 1.29 is 9.84 Å². The number of aliphatic hydroxyl groups is 1. The van der Waals surface area contributed by atoms with E-state index >= 15 is 0 Å². The highest BCUT2D eigenvalue weighted by molar-refractivity contribution is 5.31. The molecule has 1 aromatic heterocycles. The fourth-order valence-electron chi connectivity index (χ4n) is 1.99. The van der Waals surface area contributed by atoms with E-state index in [1.54, 1.807) is 4.68 Å². The van der Waals surface area contributed by atoms with Gasteiger partial charge in [-0.25, -0.2) is 0 Å². The fourth-order valence-corrected chi connectivity index (χ4v) is 1.99. The third-order valence-electron chi connectivity index (χ3n) is 3.18. The third-order valence-corrected chi connectivity index (χ3v) is 3.18. The molecular weight excluding hydrogens is 254 g/mol. The van der Waals surface area contributed by atoms with Crippen molar-refractivity contribution in [3.63, 3.8) is 0 Å². The molecule has 0 radical (unpaired) electrons. The molecule has 1 aromatic rings. The molecule has 0 aliphatic rings. The summed E-state index contributed by atoms with van der Waals surface area (Å²) in [5.74, 6) is 0.780. The minimum atomic E-state index is -0.489. The number of ether oxygens (including phenoxy) is 1. The van der Waals surface area contributed by atoms with E-state index in [9.17, 15) is 5.11 Å². The molecule has 0 saturated carbocycles. The summed E-state index contributed by atoms with van der Waals surface area (Å²) in [6.45, 7) is 3.82. The molecule has 116 valence electrons. The molecule has 5 heteroatoms. The third kappa shape index (κ3) is 8.17. The summed E-state index contributed by atoms with van der Waals surface area (Å²) in [5.41, 5.74) is 0. The smallest absolute Gasteiger partial charge is 0.148 e. The Morgan fingerprint density at radius 2 is 2.05 bits per heavy atom. The summed E-state index contributed by atoms with van der Waals surface area (Å²) < 4.78 is 7.21. The first-order valence-corrected chi connectivity index (χ1v) is 7.71. The molecule has 1 atom stereocenters. The van der Waals surface area contributed by atoms with Gasteiger partial charge in [0.25, 0.3) is 0 Å². The quantitative estimate of drug-likeness (QED) is 0.579. The van der Waals surface area contributed by atoms with Crippen LogP contribution < -0.4 is 5.32 Å². The normalized spacial score (nSPS) is 12.6. The van der Waals surface area contributed by atoms with Gasteiger partial charge in [-0.2, -0.15) is 5.10 Å². The Bertz CT molecular complexity index is 342. The van der Waals surface area contributed by atoms with E-state index in [-0.39, 0.29) is 0 Å². The second-order valence-electron chi connectivity index (χ2n) is 5.25. The Balaban J connectivity index is 1.91. The second kappa shape index (κ2) is 10.7. The maximum Gasteiger partial charge on any atom is 0.148 e. The number of unbranched alkanes of at least 4 members (excludes halogenated alkanes) is 5. The molecule has 20 heavy (non-hydrogen) atoms. The summed E-state index contributed by atoms with van der Waals surface area (Å²) in [5, 5.41) is 17.0. The molecule has 0 saturated heterocycles. The number of aryl methyl sites for hydroxylation is 1. The largest absolute Gasteiger partial charge is 0.389 e. The lowest BCUT2D eigenvalue weighted by Gasteiger charge is -2.11.